The molecule has 0 bridgehead atoms. The molecule has 1 saturated heterocycles. The predicted octanol–water partition coefficient (Wildman–Crippen LogP) is 1.69. The maximum Gasteiger partial charge on any atom is 0.419 e. The molecule has 0 radical (unpaired) electrons. The van der Waals surface area contributed by atoms with E-state index in [9.17, 15) is 4.79 Å². The Morgan fingerprint density at radius 3 is 3.16 bits per heavy atom. The number of aryl methyl sites for hydroxylation is 1. The van der Waals surface area contributed by atoms with Gasteiger partial charge in [0.15, 0.2) is 5.58 Å². The molecule has 1 atom stereocenters. The minimum absolute atomic E-state index is 0.318. The van der Waals surface area contributed by atoms with Crippen LogP contribution < -0.4 is 16.4 Å². The van der Waals surface area contributed by atoms with E-state index in [-0.39, 0.29) is 5.76 Å². The van der Waals surface area contributed by atoms with Crippen LogP contribution in [0.15, 0.2) is 27.4 Å². The molecule has 3 rings (SSSR count). The van der Waals surface area contributed by atoms with Crippen LogP contribution in [0.5, 0.6) is 0 Å². The molecule has 5 heteroatoms. The highest BCUT2D eigenvalue weighted by atomic mass is 16.4. The van der Waals surface area contributed by atoms with E-state index >= 15 is 0 Å². The van der Waals surface area contributed by atoms with Crippen molar-refractivity contribution < 1.29 is 4.42 Å². The summed E-state index contributed by atoms with van der Waals surface area (Å²) in [5.41, 5.74) is 2.45. The predicted molar refractivity (Wildman–Crippen MR) is 75.6 cm³/mol. The van der Waals surface area contributed by atoms with Gasteiger partial charge in [-0.3, -0.25) is 4.57 Å². The van der Waals surface area contributed by atoms with E-state index < -0.39 is 0 Å². The van der Waals surface area contributed by atoms with Gasteiger partial charge in [-0.2, -0.15) is 0 Å². The van der Waals surface area contributed by atoms with Crippen LogP contribution in [0, 0.1) is 0 Å². The summed E-state index contributed by atoms with van der Waals surface area (Å²) in [7, 11) is 1.72. The number of oxazole rings is 1. The van der Waals surface area contributed by atoms with E-state index in [1.54, 1.807) is 7.05 Å². The van der Waals surface area contributed by atoms with Gasteiger partial charge >= 0.3 is 5.76 Å². The Hall–Kier alpha value is -1.75. The molecule has 0 spiro atoms. The maximum atomic E-state index is 11.4. The van der Waals surface area contributed by atoms with Crippen molar-refractivity contribution in [1.82, 2.24) is 9.88 Å². The van der Waals surface area contributed by atoms with Crippen molar-refractivity contribution in [2.24, 2.45) is 7.05 Å². The molecule has 1 aliphatic rings. The van der Waals surface area contributed by atoms with Gasteiger partial charge < -0.3 is 15.1 Å². The minimum atomic E-state index is -0.318. The number of benzene rings is 1. The van der Waals surface area contributed by atoms with Gasteiger partial charge in [0.2, 0.25) is 0 Å². The first kappa shape index (κ1) is 12.3. The van der Waals surface area contributed by atoms with Crippen molar-refractivity contribution in [3.05, 3.63) is 28.7 Å². The number of hydrogen-bond donors (Lipinski definition) is 2. The van der Waals surface area contributed by atoms with Gasteiger partial charge in [0.1, 0.15) is 0 Å². The third-order valence-corrected chi connectivity index (χ3v) is 3.76. The molecule has 1 aromatic carbocycles. The smallest absolute Gasteiger partial charge is 0.408 e. The lowest BCUT2D eigenvalue weighted by molar-refractivity contribution is 0.414. The fraction of sp³-hybridized carbons (Fsp3) is 0.500. The van der Waals surface area contributed by atoms with E-state index in [1.165, 1.54) is 23.8 Å². The van der Waals surface area contributed by atoms with Gasteiger partial charge in [0.25, 0.3) is 0 Å². The fourth-order valence-electron chi connectivity index (χ4n) is 2.58. The number of piperidine rings is 1. The highest BCUT2D eigenvalue weighted by Gasteiger charge is 2.12. The van der Waals surface area contributed by atoms with E-state index in [0.717, 1.165) is 24.3 Å². The van der Waals surface area contributed by atoms with Crippen LogP contribution in [0.25, 0.3) is 11.1 Å². The quantitative estimate of drug-likeness (QED) is 0.882. The van der Waals surface area contributed by atoms with E-state index in [0.29, 0.717) is 11.6 Å². The molecule has 1 aromatic heterocycles. The van der Waals surface area contributed by atoms with Gasteiger partial charge in [-0.25, -0.2) is 4.79 Å². The Bertz CT molecular complexity index is 623. The van der Waals surface area contributed by atoms with Gasteiger partial charge in [-0.05, 0) is 31.5 Å². The molecule has 0 aliphatic carbocycles. The van der Waals surface area contributed by atoms with Crippen LogP contribution in [0.1, 0.15) is 19.3 Å². The molecule has 0 amide bonds. The largest absolute Gasteiger partial charge is 0.419 e. The number of fused-ring (bicyclic) bond motifs is 1. The zero-order valence-corrected chi connectivity index (χ0v) is 11.1. The van der Waals surface area contributed by atoms with Crippen LogP contribution in [0.3, 0.4) is 0 Å². The number of rotatable bonds is 3. The van der Waals surface area contributed by atoms with Crippen molar-refractivity contribution in [2.45, 2.75) is 25.3 Å². The number of nitrogens with zero attached hydrogens (tertiary/aromatic N) is 1. The average molecular weight is 261 g/mol. The summed E-state index contributed by atoms with van der Waals surface area (Å²) in [6.07, 6.45) is 3.79. The van der Waals surface area contributed by atoms with Crippen molar-refractivity contribution in [3.63, 3.8) is 0 Å². The Balaban J connectivity index is 1.72. The third-order valence-electron chi connectivity index (χ3n) is 3.76. The standard InChI is InChI=1S/C14H19N3O2/c1-17-12-6-5-10(8-13(12)19-14(17)18)16-9-11-4-2-3-7-15-11/h5-6,8,11,15-16H,2-4,7,9H2,1H3. The van der Waals surface area contributed by atoms with Crippen LogP contribution in [-0.4, -0.2) is 23.7 Å². The van der Waals surface area contributed by atoms with Gasteiger partial charge in [-0.15, -0.1) is 0 Å². The molecule has 19 heavy (non-hydrogen) atoms. The summed E-state index contributed by atoms with van der Waals surface area (Å²) in [6.45, 7) is 2.02. The Labute approximate surface area is 111 Å². The average Bonchev–Trinajstić information content (AvgIpc) is 2.73. The first-order valence-corrected chi connectivity index (χ1v) is 6.81. The molecule has 5 nitrogen and oxygen atoms in total. The second-order valence-corrected chi connectivity index (χ2v) is 5.14. The third kappa shape index (κ3) is 2.51. The number of anilines is 1. The van der Waals surface area contributed by atoms with E-state index in [4.69, 9.17) is 4.42 Å². The molecule has 2 N–H and O–H groups in total. The summed E-state index contributed by atoms with van der Waals surface area (Å²) in [5.74, 6) is -0.318. The highest BCUT2D eigenvalue weighted by Crippen LogP contribution is 2.18. The molecule has 1 aliphatic heterocycles. The number of nitrogens with one attached hydrogen (secondary N) is 2. The number of hydrogen-bond acceptors (Lipinski definition) is 4. The highest BCUT2D eigenvalue weighted by molar-refractivity contribution is 5.77. The van der Waals surface area contributed by atoms with Crippen LogP contribution in [0.2, 0.25) is 0 Å². The minimum Gasteiger partial charge on any atom is -0.408 e. The second-order valence-electron chi connectivity index (χ2n) is 5.14. The van der Waals surface area contributed by atoms with E-state index in [2.05, 4.69) is 10.6 Å². The lowest BCUT2D eigenvalue weighted by Crippen LogP contribution is -2.39. The topological polar surface area (TPSA) is 59.2 Å². The van der Waals surface area contributed by atoms with Crippen LogP contribution in [0.4, 0.5) is 5.69 Å². The molecular weight excluding hydrogens is 242 g/mol. The van der Waals surface area contributed by atoms with Crippen molar-refractivity contribution in [2.75, 3.05) is 18.4 Å². The SMILES string of the molecule is Cn1c(=O)oc2cc(NCC3CCCCN3)ccc21. The summed E-state index contributed by atoms with van der Waals surface area (Å²) in [5, 5.41) is 6.90. The molecular formula is C14H19N3O2. The second kappa shape index (κ2) is 5.09. The Morgan fingerprint density at radius 1 is 1.47 bits per heavy atom. The zero-order valence-electron chi connectivity index (χ0n) is 11.1. The summed E-state index contributed by atoms with van der Waals surface area (Å²) < 4.78 is 6.70. The van der Waals surface area contributed by atoms with Crippen LogP contribution >= 0.6 is 0 Å². The lowest BCUT2D eigenvalue weighted by Gasteiger charge is -2.24. The summed E-state index contributed by atoms with van der Waals surface area (Å²) in [6, 6.07) is 6.32. The number of aromatic nitrogens is 1. The Morgan fingerprint density at radius 2 is 2.37 bits per heavy atom. The van der Waals surface area contributed by atoms with Crippen LogP contribution in [-0.2, 0) is 7.05 Å². The normalized spacial score (nSPS) is 19.7. The van der Waals surface area contributed by atoms with E-state index in [1.807, 2.05) is 18.2 Å². The molecule has 1 unspecified atom stereocenters. The van der Waals surface area contributed by atoms with Crippen molar-refractivity contribution in [1.29, 1.82) is 0 Å². The van der Waals surface area contributed by atoms with Crippen molar-refractivity contribution in [3.8, 4) is 0 Å². The van der Waals surface area contributed by atoms with Gasteiger partial charge in [0, 0.05) is 31.4 Å². The molecule has 0 saturated carbocycles. The lowest BCUT2D eigenvalue weighted by atomic mass is 10.1. The van der Waals surface area contributed by atoms with Gasteiger partial charge in [-0.1, -0.05) is 6.42 Å². The zero-order chi connectivity index (χ0) is 13.2. The van der Waals surface area contributed by atoms with Crippen molar-refractivity contribution >= 4 is 16.8 Å². The first-order valence-electron chi connectivity index (χ1n) is 6.81. The monoisotopic (exact) mass is 261 g/mol. The molecule has 1 fully saturated rings. The molecule has 102 valence electrons. The fourth-order valence-corrected chi connectivity index (χ4v) is 2.58. The maximum absolute atomic E-state index is 11.4. The first-order chi connectivity index (χ1) is 9.24. The molecule has 2 heterocycles. The summed E-state index contributed by atoms with van der Waals surface area (Å²) in [4.78, 5) is 11.4. The van der Waals surface area contributed by atoms with Gasteiger partial charge in [0.05, 0.1) is 5.52 Å². The Kier molecular flexibility index (Phi) is 3.29. The molecule has 2 aromatic rings. The summed E-state index contributed by atoms with van der Waals surface area (Å²) >= 11 is 0.